The summed E-state index contributed by atoms with van der Waals surface area (Å²) < 4.78 is 10.9. The van der Waals surface area contributed by atoms with Crippen LogP contribution in [0.4, 0.5) is 0 Å². The molecular formula is C24H26N2O5. The lowest BCUT2D eigenvalue weighted by molar-refractivity contribution is -0.140. The third kappa shape index (κ3) is 4.19. The van der Waals surface area contributed by atoms with Gasteiger partial charge in [0.2, 0.25) is 0 Å². The number of rotatable bonds is 6. The van der Waals surface area contributed by atoms with Crippen LogP contribution in [0.1, 0.15) is 17.2 Å². The minimum absolute atomic E-state index is 0.0858. The van der Waals surface area contributed by atoms with Gasteiger partial charge in [-0.1, -0.05) is 48.5 Å². The number of methoxy groups -OCH3 is 1. The van der Waals surface area contributed by atoms with Crippen LogP contribution in [-0.2, 0) is 14.3 Å². The molecule has 1 amide bonds. The van der Waals surface area contributed by atoms with Crippen LogP contribution in [0.2, 0.25) is 0 Å². The van der Waals surface area contributed by atoms with E-state index in [0.717, 1.165) is 13.1 Å². The zero-order valence-corrected chi connectivity index (χ0v) is 17.5. The lowest BCUT2D eigenvalue weighted by atomic mass is 9.94. The molecule has 7 nitrogen and oxygen atoms in total. The number of hydrogen-bond acceptors (Lipinski definition) is 6. The summed E-state index contributed by atoms with van der Waals surface area (Å²) in [7, 11) is 1.55. The second-order valence-corrected chi connectivity index (χ2v) is 7.55. The Morgan fingerprint density at radius 2 is 1.71 bits per heavy atom. The van der Waals surface area contributed by atoms with E-state index in [1.54, 1.807) is 42.3 Å². The van der Waals surface area contributed by atoms with Gasteiger partial charge in [0.05, 0.1) is 31.9 Å². The Morgan fingerprint density at radius 3 is 2.42 bits per heavy atom. The molecule has 0 bridgehead atoms. The average molecular weight is 422 g/mol. The first kappa shape index (κ1) is 21.1. The molecule has 4 rings (SSSR count). The predicted molar refractivity (Wildman–Crippen MR) is 116 cm³/mol. The standard InChI is InChI=1S/C24H26N2O5/c1-30-19-10-6-5-9-18(19)21-20(22(27)17-7-3-2-4-8-17)23(28)24(29)26(21)12-11-25-13-15-31-16-14-25/h2-10,21,27H,11-16H2,1H3/t21-/m0/s1. The number of Topliss-reactive ketones (excluding diaryl/α,β-unsaturated/α-hetero) is 1. The van der Waals surface area contributed by atoms with Crippen LogP contribution in [0.5, 0.6) is 5.75 Å². The van der Waals surface area contributed by atoms with Gasteiger partial charge in [0.25, 0.3) is 11.7 Å². The van der Waals surface area contributed by atoms with Crippen LogP contribution in [0.25, 0.3) is 5.76 Å². The summed E-state index contributed by atoms with van der Waals surface area (Å²) in [6.07, 6.45) is 0. The molecule has 2 aromatic rings. The van der Waals surface area contributed by atoms with Crippen molar-refractivity contribution in [1.82, 2.24) is 9.80 Å². The number of likely N-dealkylation sites (tertiary alicyclic amines) is 1. The van der Waals surface area contributed by atoms with Crippen molar-refractivity contribution < 1.29 is 24.2 Å². The molecule has 2 fully saturated rings. The molecule has 162 valence electrons. The maximum atomic E-state index is 13.1. The zero-order chi connectivity index (χ0) is 21.8. The average Bonchev–Trinajstić information content (AvgIpc) is 3.08. The molecule has 0 radical (unpaired) electrons. The van der Waals surface area contributed by atoms with Crippen molar-refractivity contribution in [1.29, 1.82) is 0 Å². The summed E-state index contributed by atoms with van der Waals surface area (Å²) in [5.74, 6) is -0.908. The minimum Gasteiger partial charge on any atom is -0.507 e. The van der Waals surface area contributed by atoms with Gasteiger partial charge in [-0.15, -0.1) is 0 Å². The molecule has 2 aliphatic rings. The third-order valence-corrected chi connectivity index (χ3v) is 5.78. The largest absolute Gasteiger partial charge is 0.507 e. The monoisotopic (exact) mass is 422 g/mol. The summed E-state index contributed by atoms with van der Waals surface area (Å²) in [4.78, 5) is 29.9. The molecule has 0 saturated carbocycles. The smallest absolute Gasteiger partial charge is 0.295 e. The number of ketones is 1. The minimum atomic E-state index is -0.725. The molecule has 31 heavy (non-hydrogen) atoms. The number of para-hydroxylation sites is 1. The topological polar surface area (TPSA) is 79.3 Å². The number of aliphatic hydroxyl groups excluding tert-OH is 1. The van der Waals surface area contributed by atoms with E-state index in [0.29, 0.717) is 43.2 Å². The number of carbonyl (C=O) groups is 2. The van der Waals surface area contributed by atoms with Crippen molar-refractivity contribution in [2.45, 2.75) is 6.04 Å². The van der Waals surface area contributed by atoms with E-state index in [1.807, 2.05) is 24.3 Å². The molecule has 2 heterocycles. The molecule has 0 aliphatic carbocycles. The van der Waals surface area contributed by atoms with Crippen molar-refractivity contribution in [3.05, 3.63) is 71.3 Å². The Labute approximate surface area is 181 Å². The fourth-order valence-electron chi connectivity index (χ4n) is 4.15. The Morgan fingerprint density at radius 1 is 1.03 bits per heavy atom. The maximum absolute atomic E-state index is 13.1. The molecule has 2 saturated heterocycles. The van der Waals surface area contributed by atoms with Crippen molar-refractivity contribution in [3.8, 4) is 5.75 Å². The van der Waals surface area contributed by atoms with Gasteiger partial charge in [0.15, 0.2) is 0 Å². The normalized spacial score (nSPS) is 21.5. The highest BCUT2D eigenvalue weighted by atomic mass is 16.5. The lowest BCUT2D eigenvalue weighted by Gasteiger charge is -2.31. The SMILES string of the molecule is COc1ccccc1[C@H]1C(=C(O)c2ccccc2)C(=O)C(=O)N1CCN1CCOCC1. The Balaban J connectivity index is 1.76. The summed E-state index contributed by atoms with van der Waals surface area (Å²) >= 11 is 0. The Hall–Kier alpha value is -3.16. The predicted octanol–water partition coefficient (Wildman–Crippen LogP) is 2.45. The molecule has 2 aromatic carbocycles. The van der Waals surface area contributed by atoms with E-state index in [9.17, 15) is 14.7 Å². The maximum Gasteiger partial charge on any atom is 0.295 e. The highest BCUT2D eigenvalue weighted by molar-refractivity contribution is 6.46. The molecular weight excluding hydrogens is 396 g/mol. The Bertz CT molecular complexity index is 982. The number of benzene rings is 2. The molecule has 1 N–H and O–H groups in total. The van der Waals surface area contributed by atoms with Crippen LogP contribution in [0.15, 0.2) is 60.2 Å². The summed E-state index contributed by atoms with van der Waals surface area (Å²) in [5, 5.41) is 11.1. The number of hydrogen-bond donors (Lipinski definition) is 1. The molecule has 1 atom stereocenters. The van der Waals surface area contributed by atoms with Crippen molar-refractivity contribution in [3.63, 3.8) is 0 Å². The van der Waals surface area contributed by atoms with Gasteiger partial charge in [0, 0.05) is 37.3 Å². The number of nitrogens with zero attached hydrogens (tertiary/aromatic N) is 2. The van der Waals surface area contributed by atoms with E-state index >= 15 is 0 Å². The van der Waals surface area contributed by atoms with E-state index in [4.69, 9.17) is 9.47 Å². The summed E-state index contributed by atoms with van der Waals surface area (Å²) in [5.41, 5.74) is 1.25. The number of amides is 1. The summed E-state index contributed by atoms with van der Waals surface area (Å²) in [6.45, 7) is 3.86. The van der Waals surface area contributed by atoms with Crippen LogP contribution in [0, 0.1) is 0 Å². The molecule has 2 aliphatic heterocycles. The van der Waals surface area contributed by atoms with Gasteiger partial charge in [-0.3, -0.25) is 14.5 Å². The van der Waals surface area contributed by atoms with Gasteiger partial charge < -0.3 is 19.5 Å². The van der Waals surface area contributed by atoms with E-state index in [-0.39, 0.29) is 11.3 Å². The van der Waals surface area contributed by atoms with Gasteiger partial charge in [-0.05, 0) is 6.07 Å². The molecule has 0 aromatic heterocycles. The van der Waals surface area contributed by atoms with Crippen LogP contribution >= 0.6 is 0 Å². The van der Waals surface area contributed by atoms with Gasteiger partial charge >= 0.3 is 0 Å². The van der Waals surface area contributed by atoms with E-state index in [1.165, 1.54) is 0 Å². The van der Waals surface area contributed by atoms with Gasteiger partial charge in [0.1, 0.15) is 11.5 Å². The second kappa shape index (κ2) is 9.32. The van der Waals surface area contributed by atoms with Crippen LogP contribution in [0.3, 0.4) is 0 Å². The zero-order valence-electron chi connectivity index (χ0n) is 17.5. The van der Waals surface area contributed by atoms with Crippen molar-refractivity contribution in [2.75, 3.05) is 46.5 Å². The lowest BCUT2D eigenvalue weighted by Crippen LogP contribution is -2.42. The number of morpholine rings is 1. The highest BCUT2D eigenvalue weighted by Crippen LogP contribution is 2.42. The Kier molecular flexibility index (Phi) is 6.34. The van der Waals surface area contributed by atoms with Crippen LogP contribution < -0.4 is 4.74 Å². The fourth-order valence-corrected chi connectivity index (χ4v) is 4.15. The number of carbonyl (C=O) groups excluding carboxylic acids is 2. The molecule has 0 unspecified atom stereocenters. The first-order valence-corrected chi connectivity index (χ1v) is 10.4. The quantitative estimate of drug-likeness (QED) is 0.438. The van der Waals surface area contributed by atoms with Crippen molar-refractivity contribution in [2.24, 2.45) is 0 Å². The molecule has 0 spiro atoms. The molecule has 7 heteroatoms. The van der Waals surface area contributed by atoms with E-state index < -0.39 is 17.7 Å². The fraction of sp³-hybridized carbons (Fsp3) is 0.333. The first-order valence-electron chi connectivity index (χ1n) is 10.4. The van der Waals surface area contributed by atoms with Gasteiger partial charge in [-0.2, -0.15) is 0 Å². The first-order chi connectivity index (χ1) is 15.1. The number of ether oxygens (including phenoxy) is 2. The second-order valence-electron chi connectivity index (χ2n) is 7.55. The summed E-state index contributed by atoms with van der Waals surface area (Å²) in [6, 6.07) is 15.4. The van der Waals surface area contributed by atoms with Crippen molar-refractivity contribution >= 4 is 17.4 Å². The number of aliphatic hydroxyl groups is 1. The van der Waals surface area contributed by atoms with Gasteiger partial charge in [-0.25, -0.2) is 0 Å². The van der Waals surface area contributed by atoms with E-state index in [2.05, 4.69) is 4.90 Å². The van der Waals surface area contributed by atoms with Crippen LogP contribution in [-0.4, -0.2) is 73.1 Å². The third-order valence-electron chi connectivity index (χ3n) is 5.78. The highest BCUT2D eigenvalue weighted by Gasteiger charge is 2.46.